The summed E-state index contributed by atoms with van der Waals surface area (Å²) in [6.45, 7) is 1.49. The van der Waals surface area contributed by atoms with Crippen LogP contribution in [0.1, 0.15) is 34.9 Å². The number of carbonyl (C=O) groups is 1. The van der Waals surface area contributed by atoms with Crippen LogP contribution < -0.4 is 4.74 Å². The predicted molar refractivity (Wildman–Crippen MR) is 97.8 cm³/mol. The standard InChI is InChI=1S/C21H25NO3/c1-24-19-11-7-6-10-18(19)21(23)22-14-12-17(13-15-22)20(25-2)16-8-4-3-5-9-16/h3-11,17,20H,12-15H2,1-2H3. The van der Waals surface area contributed by atoms with Crippen LogP contribution in [-0.2, 0) is 4.74 Å². The summed E-state index contributed by atoms with van der Waals surface area (Å²) in [5, 5.41) is 0. The summed E-state index contributed by atoms with van der Waals surface area (Å²) in [6, 6.07) is 17.7. The van der Waals surface area contributed by atoms with Crippen LogP contribution in [0.5, 0.6) is 5.75 Å². The van der Waals surface area contributed by atoms with Crippen molar-refractivity contribution in [2.45, 2.75) is 18.9 Å². The smallest absolute Gasteiger partial charge is 0.257 e. The molecule has 132 valence electrons. The van der Waals surface area contributed by atoms with Crippen LogP contribution in [-0.4, -0.2) is 38.1 Å². The molecule has 0 N–H and O–H groups in total. The third-order valence-electron chi connectivity index (χ3n) is 4.97. The fraction of sp³-hybridized carbons (Fsp3) is 0.381. The van der Waals surface area contributed by atoms with E-state index in [9.17, 15) is 4.79 Å². The van der Waals surface area contributed by atoms with Crippen LogP contribution >= 0.6 is 0 Å². The zero-order valence-corrected chi connectivity index (χ0v) is 14.9. The zero-order valence-electron chi connectivity index (χ0n) is 14.9. The number of carbonyl (C=O) groups excluding carboxylic acids is 1. The Balaban J connectivity index is 1.66. The number of hydrogen-bond acceptors (Lipinski definition) is 3. The number of ether oxygens (including phenoxy) is 2. The van der Waals surface area contributed by atoms with Gasteiger partial charge in [0.2, 0.25) is 0 Å². The first-order valence-corrected chi connectivity index (χ1v) is 8.74. The molecule has 1 amide bonds. The number of likely N-dealkylation sites (tertiary alicyclic amines) is 1. The normalized spacial score (nSPS) is 16.5. The van der Waals surface area contributed by atoms with E-state index in [4.69, 9.17) is 9.47 Å². The lowest BCUT2D eigenvalue weighted by atomic mass is 9.87. The molecule has 0 spiro atoms. The van der Waals surface area contributed by atoms with Crippen LogP contribution in [0.2, 0.25) is 0 Å². The molecular formula is C21H25NO3. The average Bonchev–Trinajstić information content (AvgIpc) is 2.69. The molecule has 1 saturated heterocycles. The molecule has 0 aromatic heterocycles. The Morgan fingerprint density at radius 3 is 2.28 bits per heavy atom. The largest absolute Gasteiger partial charge is 0.496 e. The van der Waals surface area contributed by atoms with Crippen molar-refractivity contribution in [1.82, 2.24) is 4.90 Å². The fourth-order valence-electron chi connectivity index (χ4n) is 3.64. The van der Waals surface area contributed by atoms with Gasteiger partial charge in [-0.2, -0.15) is 0 Å². The van der Waals surface area contributed by atoms with Crippen molar-refractivity contribution in [2.24, 2.45) is 5.92 Å². The van der Waals surface area contributed by atoms with Gasteiger partial charge in [-0.25, -0.2) is 0 Å². The minimum absolute atomic E-state index is 0.0459. The number of piperidine rings is 1. The Hall–Kier alpha value is -2.33. The maximum atomic E-state index is 12.8. The molecule has 0 radical (unpaired) electrons. The first kappa shape index (κ1) is 17.5. The lowest BCUT2D eigenvalue weighted by molar-refractivity contribution is 0.0194. The van der Waals surface area contributed by atoms with Gasteiger partial charge in [0, 0.05) is 20.2 Å². The second-order valence-corrected chi connectivity index (χ2v) is 6.40. The SMILES string of the molecule is COc1ccccc1C(=O)N1CCC(C(OC)c2ccccc2)CC1. The quantitative estimate of drug-likeness (QED) is 0.828. The van der Waals surface area contributed by atoms with Crippen LogP contribution in [0.4, 0.5) is 0 Å². The topological polar surface area (TPSA) is 38.8 Å². The molecule has 1 heterocycles. The maximum absolute atomic E-state index is 12.8. The van der Waals surface area contributed by atoms with Gasteiger partial charge in [0.15, 0.2) is 0 Å². The first-order chi connectivity index (χ1) is 12.2. The lowest BCUT2D eigenvalue weighted by Crippen LogP contribution is -2.40. The van der Waals surface area contributed by atoms with E-state index in [1.165, 1.54) is 5.56 Å². The third-order valence-corrected chi connectivity index (χ3v) is 4.97. The summed E-state index contributed by atoms with van der Waals surface area (Å²) >= 11 is 0. The van der Waals surface area contributed by atoms with E-state index >= 15 is 0 Å². The summed E-state index contributed by atoms with van der Waals surface area (Å²) in [7, 11) is 3.37. The van der Waals surface area contributed by atoms with Gasteiger partial charge in [-0.05, 0) is 36.5 Å². The molecule has 0 aliphatic carbocycles. The van der Waals surface area contributed by atoms with Crippen LogP contribution in [0.25, 0.3) is 0 Å². The summed E-state index contributed by atoms with van der Waals surface area (Å²) < 4.78 is 11.1. The van der Waals surface area contributed by atoms with E-state index in [0.717, 1.165) is 25.9 Å². The van der Waals surface area contributed by atoms with Gasteiger partial charge in [0.25, 0.3) is 5.91 Å². The molecule has 0 bridgehead atoms. The monoisotopic (exact) mass is 339 g/mol. The highest BCUT2D eigenvalue weighted by Gasteiger charge is 2.30. The molecule has 4 heteroatoms. The average molecular weight is 339 g/mol. The highest BCUT2D eigenvalue weighted by molar-refractivity contribution is 5.97. The van der Waals surface area contributed by atoms with Crippen molar-refractivity contribution in [3.05, 3.63) is 65.7 Å². The lowest BCUT2D eigenvalue weighted by Gasteiger charge is -2.36. The molecule has 1 unspecified atom stereocenters. The molecule has 2 aromatic rings. The summed E-state index contributed by atoms with van der Waals surface area (Å²) in [4.78, 5) is 14.7. The van der Waals surface area contributed by atoms with E-state index in [-0.39, 0.29) is 12.0 Å². The fourth-order valence-corrected chi connectivity index (χ4v) is 3.64. The molecule has 1 atom stereocenters. The molecule has 3 rings (SSSR count). The minimum atomic E-state index is 0.0459. The van der Waals surface area contributed by atoms with Crippen molar-refractivity contribution in [3.63, 3.8) is 0 Å². The van der Waals surface area contributed by atoms with Gasteiger partial charge < -0.3 is 14.4 Å². The van der Waals surface area contributed by atoms with Gasteiger partial charge in [0.1, 0.15) is 5.75 Å². The van der Waals surface area contributed by atoms with Crippen molar-refractivity contribution < 1.29 is 14.3 Å². The van der Waals surface area contributed by atoms with Gasteiger partial charge in [-0.1, -0.05) is 42.5 Å². The molecule has 1 fully saturated rings. The minimum Gasteiger partial charge on any atom is -0.496 e. The van der Waals surface area contributed by atoms with Crippen molar-refractivity contribution in [2.75, 3.05) is 27.3 Å². The third kappa shape index (κ3) is 3.85. The van der Waals surface area contributed by atoms with Crippen LogP contribution in [0, 0.1) is 5.92 Å². The Morgan fingerprint density at radius 2 is 1.64 bits per heavy atom. The van der Waals surface area contributed by atoms with Crippen molar-refractivity contribution in [3.8, 4) is 5.75 Å². The highest BCUT2D eigenvalue weighted by atomic mass is 16.5. The van der Waals surface area contributed by atoms with E-state index in [0.29, 0.717) is 17.2 Å². The Kier molecular flexibility index (Phi) is 5.71. The molecular weight excluding hydrogens is 314 g/mol. The number of benzene rings is 2. The number of amides is 1. The van der Waals surface area contributed by atoms with Gasteiger partial charge in [0.05, 0.1) is 18.8 Å². The summed E-state index contributed by atoms with van der Waals surface area (Å²) in [5.41, 5.74) is 1.84. The number of nitrogens with zero attached hydrogens (tertiary/aromatic N) is 1. The molecule has 1 aliphatic heterocycles. The number of hydrogen-bond donors (Lipinski definition) is 0. The van der Waals surface area contributed by atoms with Gasteiger partial charge >= 0.3 is 0 Å². The Labute approximate surface area is 149 Å². The van der Waals surface area contributed by atoms with E-state index in [1.807, 2.05) is 47.4 Å². The van der Waals surface area contributed by atoms with E-state index in [2.05, 4.69) is 12.1 Å². The number of rotatable bonds is 5. The molecule has 1 aliphatic rings. The van der Waals surface area contributed by atoms with Crippen LogP contribution in [0.3, 0.4) is 0 Å². The molecule has 2 aromatic carbocycles. The highest BCUT2D eigenvalue weighted by Crippen LogP contribution is 2.34. The molecule has 4 nitrogen and oxygen atoms in total. The molecule has 0 saturated carbocycles. The summed E-state index contributed by atoms with van der Waals surface area (Å²) in [6.07, 6.45) is 1.97. The van der Waals surface area contributed by atoms with E-state index < -0.39 is 0 Å². The van der Waals surface area contributed by atoms with Crippen molar-refractivity contribution >= 4 is 5.91 Å². The first-order valence-electron chi connectivity index (χ1n) is 8.74. The van der Waals surface area contributed by atoms with Gasteiger partial charge in [-0.15, -0.1) is 0 Å². The number of methoxy groups -OCH3 is 2. The summed E-state index contributed by atoms with van der Waals surface area (Å²) in [5.74, 6) is 1.10. The van der Waals surface area contributed by atoms with Crippen molar-refractivity contribution in [1.29, 1.82) is 0 Å². The maximum Gasteiger partial charge on any atom is 0.257 e. The zero-order chi connectivity index (χ0) is 17.6. The Bertz CT molecular complexity index is 693. The van der Waals surface area contributed by atoms with Gasteiger partial charge in [-0.3, -0.25) is 4.79 Å². The molecule has 25 heavy (non-hydrogen) atoms. The Morgan fingerprint density at radius 1 is 1.00 bits per heavy atom. The second kappa shape index (κ2) is 8.17. The number of para-hydroxylation sites is 1. The second-order valence-electron chi connectivity index (χ2n) is 6.40. The van der Waals surface area contributed by atoms with E-state index in [1.54, 1.807) is 14.2 Å². The predicted octanol–water partition coefficient (Wildman–Crippen LogP) is 3.94. The van der Waals surface area contributed by atoms with Crippen LogP contribution in [0.15, 0.2) is 54.6 Å².